The Balaban J connectivity index is 0.000000331. The van der Waals surface area contributed by atoms with E-state index in [0.717, 1.165) is 0 Å². The molecule has 0 aliphatic carbocycles. The van der Waals surface area contributed by atoms with Crippen molar-refractivity contribution in [1.29, 1.82) is 0 Å². The first-order valence-electron chi connectivity index (χ1n) is 9.90. The van der Waals surface area contributed by atoms with E-state index in [1.54, 1.807) is 41.9 Å². The van der Waals surface area contributed by atoms with E-state index in [2.05, 4.69) is 0 Å². The van der Waals surface area contributed by atoms with Crippen LogP contribution in [0.3, 0.4) is 0 Å². The van der Waals surface area contributed by atoms with Crippen LogP contribution in [0.15, 0.2) is 48.5 Å². The van der Waals surface area contributed by atoms with Crippen LogP contribution in [0, 0.1) is 11.6 Å². The average molecular weight is 527 g/mol. The molecule has 7 nitrogen and oxygen atoms in total. The molecule has 3 aromatic carbocycles. The molecule has 0 spiro atoms. The van der Waals surface area contributed by atoms with Crippen molar-refractivity contribution in [2.45, 2.75) is 5.51 Å². The second kappa shape index (κ2) is 8.68. The Kier molecular flexibility index (Phi) is 6.09. The van der Waals surface area contributed by atoms with Gasteiger partial charge in [0.15, 0.2) is 10.1 Å². The van der Waals surface area contributed by atoms with Gasteiger partial charge < -0.3 is 14.0 Å². The summed E-state index contributed by atoms with van der Waals surface area (Å²) in [5.41, 5.74) is -3.78. The molecule has 1 aliphatic heterocycles. The Morgan fingerprint density at radius 2 is 1.69 bits per heavy atom. The minimum Gasteiger partial charge on any atom is -0.741 e. The number of carbonyl (C=O) groups excluding carboxylic acids is 1. The van der Waals surface area contributed by atoms with Gasteiger partial charge in [-0.2, -0.15) is 17.7 Å². The van der Waals surface area contributed by atoms with Crippen molar-refractivity contribution in [3.8, 4) is 22.8 Å². The second-order valence-electron chi connectivity index (χ2n) is 7.57. The van der Waals surface area contributed by atoms with Gasteiger partial charge in [0.1, 0.15) is 30.2 Å². The fourth-order valence-electron chi connectivity index (χ4n) is 3.93. The van der Waals surface area contributed by atoms with Gasteiger partial charge in [0.05, 0.1) is 29.0 Å². The maximum Gasteiger partial charge on any atom is 0.485 e. The highest BCUT2D eigenvalue weighted by molar-refractivity contribution is 7.86. The highest BCUT2D eigenvalue weighted by Crippen LogP contribution is 2.46. The topological polar surface area (TPSA) is 96.6 Å². The van der Waals surface area contributed by atoms with E-state index in [1.807, 2.05) is 0 Å². The molecule has 0 N–H and O–H groups in total. The molecular formula is C23H14F5NO6S. The summed E-state index contributed by atoms with van der Waals surface area (Å²) in [4.78, 5) is 12.0. The molecule has 4 aromatic rings. The molecule has 0 unspecified atom stereocenters. The highest BCUT2D eigenvalue weighted by atomic mass is 32.2. The van der Waals surface area contributed by atoms with Crippen LogP contribution in [-0.4, -0.2) is 31.6 Å². The van der Waals surface area contributed by atoms with Crippen LogP contribution >= 0.6 is 0 Å². The molecule has 2 heterocycles. The van der Waals surface area contributed by atoms with E-state index in [-0.39, 0.29) is 5.56 Å². The minimum absolute atomic E-state index is 0.109. The largest absolute Gasteiger partial charge is 0.741 e. The second-order valence-corrected chi connectivity index (χ2v) is 8.94. The van der Waals surface area contributed by atoms with Crippen LogP contribution in [0.2, 0.25) is 0 Å². The Labute approximate surface area is 200 Å². The number of aryl methyl sites for hydroxylation is 1. The maximum absolute atomic E-state index is 15.1. The van der Waals surface area contributed by atoms with Gasteiger partial charge in [0.25, 0.3) is 0 Å². The number of aromatic nitrogens is 1. The lowest BCUT2D eigenvalue weighted by Gasteiger charge is -2.20. The number of alkyl halides is 3. The van der Waals surface area contributed by atoms with Gasteiger partial charge in [-0.1, -0.05) is 12.1 Å². The summed E-state index contributed by atoms with van der Waals surface area (Å²) >= 11 is 0. The zero-order valence-corrected chi connectivity index (χ0v) is 19.1. The number of esters is 1. The molecule has 0 atom stereocenters. The highest BCUT2D eigenvalue weighted by Gasteiger charge is 2.37. The zero-order chi connectivity index (χ0) is 26.6. The van der Waals surface area contributed by atoms with Crippen LogP contribution in [0.1, 0.15) is 10.4 Å². The third kappa shape index (κ3) is 4.20. The number of carbonyl (C=O) groups is 1. The zero-order valence-electron chi connectivity index (χ0n) is 18.3. The quantitative estimate of drug-likeness (QED) is 0.0783. The van der Waals surface area contributed by atoms with E-state index >= 15 is 4.39 Å². The van der Waals surface area contributed by atoms with Crippen molar-refractivity contribution < 1.29 is 53.8 Å². The molecule has 188 valence electrons. The lowest BCUT2D eigenvalue weighted by molar-refractivity contribution is -0.632. The number of ether oxygens (including phenoxy) is 2. The normalized spacial score (nSPS) is 12.4. The van der Waals surface area contributed by atoms with Gasteiger partial charge in [-0.3, -0.25) is 0 Å². The third-order valence-corrected chi connectivity index (χ3v) is 5.99. The summed E-state index contributed by atoms with van der Waals surface area (Å²) in [6.45, 7) is 0. The van der Waals surface area contributed by atoms with Gasteiger partial charge in [0.2, 0.25) is 11.2 Å². The summed E-state index contributed by atoms with van der Waals surface area (Å²) in [5.74, 6) is -0.480. The smallest absolute Gasteiger partial charge is 0.485 e. The van der Waals surface area contributed by atoms with E-state index in [9.17, 15) is 22.4 Å². The van der Waals surface area contributed by atoms with Gasteiger partial charge in [-0.15, -0.1) is 0 Å². The fraction of sp³-hybridized carbons (Fsp3) is 0.130. The van der Waals surface area contributed by atoms with E-state index in [1.165, 1.54) is 25.3 Å². The number of pyridine rings is 1. The Bertz CT molecular complexity index is 1670. The molecule has 0 saturated heterocycles. The predicted octanol–water partition coefficient (Wildman–Crippen LogP) is 4.71. The molecule has 5 rings (SSSR count). The van der Waals surface area contributed by atoms with Crippen LogP contribution in [0.4, 0.5) is 22.0 Å². The van der Waals surface area contributed by atoms with Crippen LogP contribution in [0.25, 0.3) is 32.9 Å². The number of halogens is 5. The Morgan fingerprint density at radius 3 is 2.31 bits per heavy atom. The van der Waals surface area contributed by atoms with Crippen molar-refractivity contribution in [2.75, 3.05) is 7.11 Å². The summed E-state index contributed by atoms with van der Waals surface area (Å²) in [7, 11) is -3.08. The number of rotatable bonds is 1. The van der Waals surface area contributed by atoms with Crippen molar-refractivity contribution >= 4 is 37.8 Å². The minimum atomic E-state index is -6.09. The molecule has 0 saturated carbocycles. The van der Waals surface area contributed by atoms with E-state index in [0.29, 0.717) is 44.4 Å². The van der Waals surface area contributed by atoms with Gasteiger partial charge >= 0.3 is 11.5 Å². The Morgan fingerprint density at radius 1 is 1.03 bits per heavy atom. The van der Waals surface area contributed by atoms with Gasteiger partial charge in [-0.25, -0.2) is 22.0 Å². The first kappa shape index (κ1) is 25.3. The van der Waals surface area contributed by atoms with Crippen LogP contribution in [0.5, 0.6) is 11.5 Å². The number of benzene rings is 3. The SMILES string of the molecule is COC(=O)c1cc(F)c2c3cccc4c3c([n+](C)c2c1)-c1cc(F)ccc1O4.O=S(=O)([O-])C(F)(F)F. The van der Waals surface area contributed by atoms with Crippen molar-refractivity contribution in [3.63, 3.8) is 0 Å². The summed E-state index contributed by atoms with van der Waals surface area (Å²) in [6, 6.07) is 12.4. The molecular weight excluding hydrogens is 513 g/mol. The molecule has 0 fully saturated rings. The first-order valence-corrected chi connectivity index (χ1v) is 11.3. The number of nitrogens with zero attached hydrogens (tertiary/aromatic N) is 1. The number of methoxy groups -OCH3 is 1. The molecule has 13 heteroatoms. The first-order chi connectivity index (χ1) is 16.7. The Hall–Kier alpha value is -3.84. The van der Waals surface area contributed by atoms with Crippen LogP contribution < -0.4 is 9.30 Å². The molecule has 1 aromatic heterocycles. The molecule has 0 radical (unpaired) electrons. The number of fused-ring (bicyclic) bond motifs is 4. The lowest BCUT2D eigenvalue weighted by atomic mass is 9.95. The lowest BCUT2D eigenvalue weighted by Crippen LogP contribution is -2.34. The average Bonchev–Trinajstić information content (AvgIpc) is 2.79. The molecule has 0 amide bonds. The standard InChI is InChI=1S/C22H14F2NO3.CHF3O3S/c1-25-16-9-11(22(26)27-2)8-15(24)19(16)13-4-3-5-18-20(13)21(25)14-10-12(23)6-7-17(14)28-18;2-1(3,4)8(5,6)7/h3-10H,1-2H3;(H,5,6,7)/q+1;/p-1. The molecule has 36 heavy (non-hydrogen) atoms. The maximum atomic E-state index is 15.1. The fourth-order valence-corrected chi connectivity index (χ4v) is 3.93. The summed E-state index contributed by atoms with van der Waals surface area (Å²) in [6.07, 6.45) is 0. The van der Waals surface area contributed by atoms with E-state index in [4.69, 9.17) is 22.4 Å². The van der Waals surface area contributed by atoms with Crippen molar-refractivity contribution in [3.05, 3.63) is 65.7 Å². The van der Waals surface area contributed by atoms with Crippen molar-refractivity contribution in [2.24, 2.45) is 7.05 Å². The molecule has 0 bridgehead atoms. The summed E-state index contributed by atoms with van der Waals surface area (Å²) in [5, 5.41) is 1.68. The van der Waals surface area contributed by atoms with Crippen LogP contribution in [-0.2, 0) is 21.9 Å². The van der Waals surface area contributed by atoms with Crippen molar-refractivity contribution in [1.82, 2.24) is 0 Å². The van der Waals surface area contributed by atoms with Gasteiger partial charge in [0, 0.05) is 11.5 Å². The van der Waals surface area contributed by atoms with E-state index < -0.39 is 33.2 Å². The molecule has 1 aliphatic rings. The summed E-state index contributed by atoms with van der Waals surface area (Å²) < 4.78 is 100. The number of hydrogen-bond donors (Lipinski definition) is 0. The predicted molar refractivity (Wildman–Crippen MR) is 115 cm³/mol. The third-order valence-electron chi connectivity index (χ3n) is 5.42. The monoisotopic (exact) mass is 527 g/mol. The number of hydrogen-bond acceptors (Lipinski definition) is 6. The van der Waals surface area contributed by atoms with Gasteiger partial charge in [-0.05, 0) is 30.3 Å².